The van der Waals surface area contributed by atoms with Crippen LogP contribution in [0.2, 0.25) is 0 Å². The average Bonchev–Trinajstić information content (AvgIpc) is 3.09. The zero-order chi connectivity index (χ0) is 19.2. The Balaban J connectivity index is 1.91. The number of hydrogen-bond acceptors (Lipinski definition) is 5. The van der Waals surface area contributed by atoms with Gasteiger partial charge in [-0.05, 0) is 38.7 Å². The molecule has 0 spiro atoms. The Morgan fingerprint density at radius 2 is 2.04 bits per heavy atom. The molecule has 27 heavy (non-hydrogen) atoms. The van der Waals surface area contributed by atoms with E-state index in [9.17, 15) is 9.59 Å². The highest BCUT2D eigenvalue weighted by atomic mass is 32.1. The van der Waals surface area contributed by atoms with Gasteiger partial charge in [0.05, 0.1) is 18.8 Å². The molecule has 0 N–H and O–H groups in total. The molecule has 0 saturated heterocycles. The summed E-state index contributed by atoms with van der Waals surface area (Å²) >= 11 is 1.23. The van der Waals surface area contributed by atoms with Gasteiger partial charge in [0.25, 0.3) is 0 Å². The number of benzene rings is 1. The van der Waals surface area contributed by atoms with Crippen molar-refractivity contribution < 1.29 is 14.3 Å². The predicted molar refractivity (Wildman–Crippen MR) is 107 cm³/mol. The molecule has 142 valence electrons. The van der Waals surface area contributed by atoms with Gasteiger partial charge in [-0.15, -0.1) is 0 Å². The molecule has 6 heteroatoms. The van der Waals surface area contributed by atoms with Gasteiger partial charge in [-0.3, -0.25) is 9.69 Å². The lowest BCUT2D eigenvalue weighted by atomic mass is 9.93. The second-order valence-corrected chi connectivity index (χ2v) is 7.50. The molecular formula is C21H24N2O3S. The third kappa shape index (κ3) is 4.63. The largest absolute Gasteiger partial charge is 0.462 e. The number of amides is 1. The summed E-state index contributed by atoms with van der Waals surface area (Å²) < 4.78 is 5.12. The van der Waals surface area contributed by atoms with Crippen LogP contribution in [0.3, 0.4) is 0 Å². The zero-order valence-electron chi connectivity index (χ0n) is 15.7. The Hall–Kier alpha value is -2.47. The van der Waals surface area contributed by atoms with Gasteiger partial charge < -0.3 is 4.74 Å². The molecule has 5 nitrogen and oxygen atoms in total. The fourth-order valence-corrected chi connectivity index (χ4v) is 4.09. The first kappa shape index (κ1) is 19.3. The van der Waals surface area contributed by atoms with E-state index in [0.29, 0.717) is 28.9 Å². The third-order valence-electron chi connectivity index (χ3n) is 4.54. The lowest BCUT2D eigenvalue weighted by Crippen LogP contribution is -2.36. The molecule has 2 aromatic rings. The van der Waals surface area contributed by atoms with E-state index in [1.165, 1.54) is 11.3 Å². The first-order valence-corrected chi connectivity index (χ1v) is 10.1. The van der Waals surface area contributed by atoms with Crippen molar-refractivity contribution in [1.82, 2.24) is 4.98 Å². The van der Waals surface area contributed by atoms with E-state index in [-0.39, 0.29) is 17.8 Å². The standard InChI is InChI=1S/C21H24N2O3S/c1-3-26-20(25)18-15(2)22-21(27-18)23(14-16-10-6-4-7-11-16)19(24)17-12-8-5-9-13-17/h4-8,10-11,17H,3,9,12-14H2,1-2H3. The van der Waals surface area contributed by atoms with Gasteiger partial charge in [-0.1, -0.05) is 53.8 Å². The van der Waals surface area contributed by atoms with Crippen molar-refractivity contribution in [2.45, 2.75) is 39.7 Å². The molecule has 0 fully saturated rings. The van der Waals surface area contributed by atoms with Crippen LogP contribution in [0.5, 0.6) is 0 Å². The number of anilines is 1. The Labute approximate surface area is 163 Å². The number of carbonyl (C=O) groups is 2. The van der Waals surface area contributed by atoms with Gasteiger partial charge in [0.1, 0.15) is 4.88 Å². The van der Waals surface area contributed by atoms with Crippen molar-refractivity contribution in [3.63, 3.8) is 0 Å². The van der Waals surface area contributed by atoms with Crippen LogP contribution in [0.1, 0.15) is 47.1 Å². The van der Waals surface area contributed by atoms with Crippen molar-refractivity contribution in [3.8, 4) is 0 Å². The van der Waals surface area contributed by atoms with Crippen molar-refractivity contribution in [1.29, 1.82) is 0 Å². The van der Waals surface area contributed by atoms with E-state index >= 15 is 0 Å². The van der Waals surface area contributed by atoms with Crippen LogP contribution in [-0.2, 0) is 16.1 Å². The number of aryl methyl sites for hydroxylation is 1. The van der Waals surface area contributed by atoms with E-state index in [2.05, 4.69) is 17.1 Å². The highest BCUT2D eigenvalue weighted by molar-refractivity contribution is 7.17. The van der Waals surface area contributed by atoms with Crippen molar-refractivity contribution in [2.24, 2.45) is 5.92 Å². The van der Waals surface area contributed by atoms with Crippen molar-refractivity contribution in [3.05, 3.63) is 58.6 Å². The molecule has 1 aromatic heterocycles. The van der Waals surface area contributed by atoms with Crippen molar-refractivity contribution in [2.75, 3.05) is 11.5 Å². The summed E-state index contributed by atoms with van der Waals surface area (Å²) in [6.45, 7) is 4.31. The average molecular weight is 385 g/mol. The van der Waals surface area contributed by atoms with Gasteiger partial charge in [-0.25, -0.2) is 9.78 Å². The molecule has 1 aliphatic rings. The quantitative estimate of drug-likeness (QED) is 0.543. The normalized spacial score (nSPS) is 16.1. The molecule has 0 saturated carbocycles. The van der Waals surface area contributed by atoms with E-state index in [0.717, 1.165) is 24.8 Å². The fraction of sp³-hybridized carbons (Fsp3) is 0.381. The smallest absolute Gasteiger partial charge is 0.350 e. The summed E-state index contributed by atoms with van der Waals surface area (Å²) in [5.74, 6) is -0.368. The number of nitrogens with zero attached hydrogens (tertiary/aromatic N) is 2. The minimum atomic E-state index is -0.383. The molecule has 1 heterocycles. The molecule has 0 radical (unpaired) electrons. The molecule has 0 bridgehead atoms. The second-order valence-electron chi connectivity index (χ2n) is 6.52. The number of aromatic nitrogens is 1. The lowest BCUT2D eigenvalue weighted by Gasteiger charge is -2.26. The maximum atomic E-state index is 13.3. The molecule has 1 aliphatic carbocycles. The highest BCUT2D eigenvalue weighted by Crippen LogP contribution is 2.31. The maximum absolute atomic E-state index is 13.3. The Kier molecular flexibility index (Phi) is 6.40. The van der Waals surface area contributed by atoms with Gasteiger partial charge >= 0.3 is 5.97 Å². The van der Waals surface area contributed by atoms with Crippen LogP contribution < -0.4 is 4.90 Å². The fourth-order valence-electron chi connectivity index (χ4n) is 3.13. The van der Waals surface area contributed by atoms with Crippen LogP contribution in [-0.4, -0.2) is 23.5 Å². The van der Waals surface area contributed by atoms with Crippen molar-refractivity contribution >= 4 is 28.3 Å². The number of allylic oxidation sites excluding steroid dienone is 2. The Bertz CT molecular complexity index is 829. The molecule has 0 aliphatic heterocycles. The minimum Gasteiger partial charge on any atom is -0.462 e. The number of esters is 1. The lowest BCUT2D eigenvalue weighted by molar-refractivity contribution is -0.122. The van der Waals surface area contributed by atoms with Gasteiger partial charge in [0.15, 0.2) is 5.13 Å². The number of ether oxygens (including phenoxy) is 1. The maximum Gasteiger partial charge on any atom is 0.350 e. The van der Waals surface area contributed by atoms with Crippen LogP contribution in [0.25, 0.3) is 0 Å². The molecule has 1 amide bonds. The predicted octanol–water partition coefficient (Wildman–Crippen LogP) is 4.52. The number of hydrogen-bond donors (Lipinski definition) is 0. The van der Waals surface area contributed by atoms with Crippen LogP contribution in [0.4, 0.5) is 5.13 Å². The summed E-state index contributed by atoms with van der Waals surface area (Å²) in [6, 6.07) is 9.85. The minimum absolute atomic E-state index is 0.0473. The van der Waals surface area contributed by atoms with Gasteiger partial charge in [-0.2, -0.15) is 0 Å². The zero-order valence-corrected chi connectivity index (χ0v) is 16.5. The topological polar surface area (TPSA) is 59.5 Å². The molecular weight excluding hydrogens is 360 g/mol. The second kappa shape index (κ2) is 8.95. The Morgan fingerprint density at radius 3 is 2.70 bits per heavy atom. The van der Waals surface area contributed by atoms with Gasteiger partial charge in [0, 0.05) is 5.92 Å². The van der Waals surface area contributed by atoms with Crippen LogP contribution in [0.15, 0.2) is 42.5 Å². The van der Waals surface area contributed by atoms with Crippen LogP contribution >= 0.6 is 11.3 Å². The molecule has 1 unspecified atom stereocenters. The molecule has 1 aromatic carbocycles. The molecule has 3 rings (SSSR count). The van der Waals surface area contributed by atoms with E-state index < -0.39 is 0 Å². The van der Waals surface area contributed by atoms with E-state index in [1.807, 2.05) is 30.3 Å². The number of carbonyl (C=O) groups excluding carboxylic acids is 2. The summed E-state index contributed by atoms with van der Waals surface area (Å²) in [5, 5.41) is 0.555. The van der Waals surface area contributed by atoms with E-state index in [4.69, 9.17) is 4.74 Å². The summed E-state index contributed by atoms with van der Waals surface area (Å²) in [6.07, 6.45) is 6.71. The van der Waals surface area contributed by atoms with Gasteiger partial charge in [0.2, 0.25) is 5.91 Å². The van der Waals surface area contributed by atoms with Crippen LogP contribution in [0, 0.1) is 12.8 Å². The monoisotopic (exact) mass is 384 g/mol. The first-order chi connectivity index (χ1) is 13.1. The number of rotatable bonds is 6. The third-order valence-corrected chi connectivity index (χ3v) is 5.71. The van der Waals surface area contributed by atoms with E-state index in [1.54, 1.807) is 18.7 Å². The highest BCUT2D eigenvalue weighted by Gasteiger charge is 2.29. The molecule has 1 atom stereocenters. The number of thiazole rings is 1. The summed E-state index contributed by atoms with van der Waals surface area (Å²) in [4.78, 5) is 32.1. The SMILES string of the molecule is CCOC(=O)c1sc(N(Cc2ccccc2)C(=O)C2CC=CCC2)nc1C. The summed E-state index contributed by atoms with van der Waals surface area (Å²) in [5.41, 5.74) is 1.63. The Morgan fingerprint density at radius 1 is 1.26 bits per heavy atom. The summed E-state index contributed by atoms with van der Waals surface area (Å²) in [7, 11) is 0. The first-order valence-electron chi connectivity index (χ1n) is 9.25.